The zero-order chi connectivity index (χ0) is 21.3. The zero-order valence-corrected chi connectivity index (χ0v) is 17.1. The molecule has 2 aromatic heterocycles. The SMILES string of the molecule is C=CCn1c(=S)[nH]c2cc(C(=O)Nc3nc(-c4cccc(F)c4)cs3)ccc2c1=O. The summed E-state index contributed by atoms with van der Waals surface area (Å²) in [4.78, 5) is 32.5. The molecule has 4 aromatic rings. The largest absolute Gasteiger partial charge is 0.332 e. The number of aromatic amines is 1. The second kappa shape index (κ2) is 8.13. The number of benzene rings is 2. The lowest BCUT2D eigenvalue weighted by molar-refractivity contribution is 0.102. The molecule has 0 saturated heterocycles. The van der Waals surface area contributed by atoms with Crippen LogP contribution < -0.4 is 10.9 Å². The molecule has 2 heterocycles. The molecule has 0 radical (unpaired) electrons. The third kappa shape index (κ3) is 3.85. The van der Waals surface area contributed by atoms with Crippen molar-refractivity contribution in [2.24, 2.45) is 0 Å². The topological polar surface area (TPSA) is 79.8 Å². The first-order valence-corrected chi connectivity index (χ1v) is 10.2. The van der Waals surface area contributed by atoms with Crippen LogP contribution in [0.25, 0.3) is 22.2 Å². The van der Waals surface area contributed by atoms with Crippen LogP contribution in [0.5, 0.6) is 0 Å². The van der Waals surface area contributed by atoms with Gasteiger partial charge in [-0.15, -0.1) is 17.9 Å². The van der Waals surface area contributed by atoms with Crippen molar-refractivity contribution in [3.63, 3.8) is 0 Å². The Morgan fingerprint density at radius 1 is 1.33 bits per heavy atom. The van der Waals surface area contributed by atoms with E-state index < -0.39 is 0 Å². The number of carbonyl (C=O) groups excluding carboxylic acids is 1. The fraction of sp³-hybridized carbons (Fsp3) is 0.0476. The Bertz CT molecular complexity index is 1400. The molecule has 150 valence electrons. The Labute approximate surface area is 179 Å². The quantitative estimate of drug-likeness (QED) is 0.348. The highest BCUT2D eigenvalue weighted by molar-refractivity contribution is 7.71. The van der Waals surface area contributed by atoms with Gasteiger partial charge < -0.3 is 4.98 Å². The summed E-state index contributed by atoms with van der Waals surface area (Å²) in [7, 11) is 0. The van der Waals surface area contributed by atoms with Crippen molar-refractivity contribution in [2.45, 2.75) is 6.54 Å². The van der Waals surface area contributed by atoms with Crippen molar-refractivity contribution in [1.82, 2.24) is 14.5 Å². The summed E-state index contributed by atoms with van der Waals surface area (Å²) >= 11 is 6.47. The van der Waals surface area contributed by atoms with Gasteiger partial charge >= 0.3 is 0 Å². The maximum absolute atomic E-state index is 13.4. The van der Waals surface area contributed by atoms with Crippen LogP contribution in [0, 0.1) is 10.6 Å². The van der Waals surface area contributed by atoms with Crippen molar-refractivity contribution in [1.29, 1.82) is 0 Å². The molecule has 0 spiro atoms. The number of fused-ring (bicyclic) bond motifs is 1. The Kier molecular flexibility index (Phi) is 5.39. The summed E-state index contributed by atoms with van der Waals surface area (Å²) in [5.74, 6) is -0.738. The number of rotatable bonds is 5. The second-order valence-electron chi connectivity index (χ2n) is 6.40. The molecule has 0 unspecified atom stereocenters. The zero-order valence-electron chi connectivity index (χ0n) is 15.5. The van der Waals surface area contributed by atoms with Gasteiger partial charge in [0.2, 0.25) is 0 Å². The van der Waals surface area contributed by atoms with Crippen LogP contribution in [-0.2, 0) is 6.54 Å². The smallest absolute Gasteiger partial charge is 0.262 e. The van der Waals surface area contributed by atoms with E-state index in [1.165, 1.54) is 28.0 Å². The van der Waals surface area contributed by atoms with Gasteiger partial charge in [-0.3, -0.25) is 19.5 Å². The highest BCUT2D eigenvalue weighted by Gasteiger charge is 2.13. The van der Waals surface area contributed by atoms with E-state index in [1.54, 1.807) is 41.8 Å². The number of allylic oxidation sites excluding steroid dienone is 1. The van der Waals surface area contributed by atoms with Crippen LogP contribution in [-0.4, -0.2) is 20.4 Å². The first-order valence-electron chi connectivity index (χ1n) is 8.87. The summed E-state index contributed by atoms with van der Waals surface area (Å²) < 4.78 is 15.1. The average molecular weight is 439 g/mol. The Hall–Kier alpha value is -3.43. The Morgan fingerprint density at radius 3 is 2.93 bits per heavy atom. The molecule has 9 heteroatoms. The number of hydrogen-bond acceptors (Lipinski definition) is 5. The van der Waals surface area contributed by atoms with E-state index in [0.717, 1.165) is 0 Å². The third-order valence-electron chi connectivity index (χ3n) is 4.40. The minimum atomic E-state index is -0.383. The number of thiazole rings is 1. The number of nitrogens with zero attached hydrogens (tertiary/aromatic N) is 2. The molecule has 0 aliphatic carbocycles. The van der Waals surface area contributed by atoms with E-state index in [-0.39, 0.29) is 22.1 Å². The standard InChI is InChI=1S/C21H15FN4O2S2/c1-2-8-26-19(28)15-7-6-13(10-16(15)24-21(26)29)18(27)25-20-23-17(11-30-20)12-4-3-5-14(22)9-12/h2-7,9-11H,1,8H2,(H,24,29)(H,23,25,27). The summed E-state index contributed by atoms with van der Waals surface area (Å²) in [6.07, 6.45) is 1.59. The lowest BCUT2D eigenvalue weighted by Gasteiger charge is -2.07. The van der Waals surface area contributed by atoms with Gasteiger partial charge in [0.05, 0.1) is 16.6 Å². The van der Waals surface area contributed by atoms with Crippen molar-refractivity contribution in [3.8, 4) is 11.3 Å². The number of carbonyl (C=O) groups is 1. The molecule has 1 amide bonds. The lowest BCUT2D eigenvalue weighted by Crippen LogP contribution is -2.22. The van der Waals surface area contributed by atoms with Gasteiger partial charge in [0.15, 0.2) is 9.90 Å². The van der Waals surface area contributed by atoms with Gasteiger partial charge in [0, 0.05) is 23.1 Å². The normalized spacial score (nSPS) is 10.8. The first-order chi connectivity index (χ1) is 14.5. The van der Waals surface area contributed by atoms with E-state index in [1.807, 2.05) is 0 Å². The van der Waals surface area contributed by atoms with E-state index in [2.05, 4.69) is 21.9 Å². The molecule has 0 atom stereocenters. The van der Waals surface area contributed by atoms with E-state index in [4.69, 9.17) is 12.2 Å². The first kappa shape index (κ1) is 19.9. The van der Waals surface area contributed by atoms with Crippen LogP contribution in [0.1, 0.15) is 10.4 Å². The summed E-state index contributed by atoms with van der Waals surface area (Å²) in [6.45, 7) is 3.92. The van der Waals surface area contributed by atoms with Crippen LogP contribution in [0.2, 0.25) is 0 Å². The molecule has 0 bridgehead atoms. The number of amides is 1. The molecular weight excluding hydrogens is 423 g/mol. The maximum Gasteiger partial charge on any atom is 0.262 e. The van der Waals surface area contributed by atoms with Crippen LogP contribution in [0.4, 0.5) is 9.52 Å². The molecule has 2 aromatic carbocycles. The minimum Gasteiger partial charge on any atom is -0.332 e. The molecule has 6 nitrogen and oxygen atoms in total. The molecule has 2 N–H and O–H groups in total. The Balaban J connectivity index is 1.61. The van der Waals surface area contributed by atoms with Gasteiger partial charge in [0.1, 0.15) is 5.82 Å². The maximum atomic E-state index is 13.4. The van der Waals surface area contributed by atoms with Crippen molar-refractivity contribution < 1.29 is 9.18 Å². The molecular formula is C21H15FN4O2S2. The van der Waals surface area contributed by atoms with Crippen LogP contribution >= 0.6 is 23.6 Å². The molecule has 0 fully saturated rings. The van der Waals surface area contributed by atoms with Crippen LogP contribution in [0.3, 0.4) is 0 Å². The van der Waals surface area contributed by atoms with Crippen molar-refractivity contribution in [3.05, 3.63) is 87.0 Å². The predicted octanol–water partition coefficient (Wildman–Crippen LogP) is 4.76. The fourth-order valence-corrected chi connectivity index (χ4v) is 3.95. The number of H-pyrrole nitrogens is 1. The molecule has 0 saturated carbocycles. The van der Waals surface area contributed by atoms with E-state index in [0.29, 0.717) is 39.4 Å². The number of aromatic nitrogens is 3. The van der Waals surface area contributed by atoms with Gasteiger partial charge in [-0.05, 0) is 42.5 Å². The molecule has 0 aliphatic heterocycles. The van der Waals surface area contributed by atoms with Gasteiger partial charge in [-0.2, -0.15) is 0 Å². The van der Waals surface area contributed by atoms with Gasteiger partial charge in [0.25, 0.3) is 11.5 Å². The fourth-order valence-electron chi connectivity index (χ4n) is 2.97. The minimum absolute atomic E-state index is 0.250. The number of anilines is 1. The van der Waals surface area contributed by atoms with Crippen LogP contribution in [0.15, 0.2) is 65.3 Å². The number of halogens is 1. The number of hydrogen-bond donors (Lipinski definition) is 2. The van der Waals surface area contributed by atoms with Gasteiger partial charge in [-0.1, -0.05) is 18.2 Å². The monoisotopic (exact) mass is 438 g/mol. The molecule has 4 rings (SSSR count). The summed E-state index contributed by atoms with van der Waals surface area (Å²) in [5, 5.41) is 5.27. The molecule has 30 heavy (non-hydrogen) atoms. The van der Waals surface area contributed by atoms with Gasteiger partial charge in [-0.25, -0.2) is 9.37 Å². The summed E-state index contributed by atoms with van der Waals surface area (Å²) in [5.41, 5.74) is 1.76. The highest BCUT2D eigenvalue weighted by atomic mass is 32.1. The summed E-state index contributed by atoms with van der Waals surface area (Å²) in [6, 6.07) is 10.8. The second-order valence-corrected chi connectivity index (χ2v) is 7.64. The third-order valence-corrected chi connectivity index (χ3v) is 5.48. The van der Waals surface area contributed by atoms with E-state index in [9.17, 15) is 14.0 Å². The van der Waals surface area contributed by atoms with Crippen molar-refractivity contribution in [2.75, 3.05) is 5.32 Å². The predicted molar refractivity (Wildman–Crippen MR) is 119 cm³/mol. The van der Waals surface area contributed by atoms with Crippen molar-refractivity contribution >= 4 is 45.5 Å². The van der Waals surface area contributed by atoms with E-state index >= 15 is 0 Å². The molecule has 0 aliphatic rings. The number of nitrogens with one attached hydrogen (secondary N) is 2. The lowest BCUT2D eigenvalue weighted by atomic mass is 10.1. The average Bonchev–Trinajstić information content (AvgIpc) is 3.19. The Morgan fingerprint density at radius 2 is 2.17 bits per heavy atom. The highest BCUT2D eigenvalue weighted by Crippen LogP contribution is 2.25.